The van der Waals surface area contributed by atoms with Crippen LogP contribution in [0.5, 0.6) is 5.75 Å². The number of hydrogen-bond acceptors (Lipinski definition) is 4. The highest BCUT2D eigenvalue weighted by Gasteiger charge is 2.43. The molecule has 1 fully saturated rings. The maximum absolute atomic E-state index is 13.2. The van der Waals surface area contributed by atoms with Gasteiger partial charge in [0.1, 0.15) is 5.75 Å². The van der Waals surface area contributed by atoms with Crippen LogP contribution in [-0.2, 0) is 4.79 Å². The molecule has 2 unspecified atom stereocenters. The van der Waals surface area contributed by atoms with E-state index in [1.54, 1.807) is 24.1 Å². The van der Waals surface area contributed by atoms with Crippen LogP contribution in [-0.4, -0.2) is 54.9 Å². The Balaban J connectivity index is 1.94. The molecule has 0 spiro atoms. The number of rotatable bonds is 6. The summed E-state index contributed by atoms with van der Waals surface area (Å²) < 4.78 is 10.8. The molecule has 2 heterocycles. The van der Waals surface area contributed by atoms with Gasteiger partial charge in [0.05, 0.1) is 19.3 Å². The van der Waals surface area contributed by atoms with Gasteiger partial charge in [-0.1, -0.05) is 18.2 Å². The summed E-state index contributed by atoms with van der Waals surface area (Å²) in [7, 11) is 1.63. The van der Waals surface area contributed by atoms with E-state index in [0.29, 0.717) is 31.9 Å². The lowest BCUT2D eigenvalue weighted by Crippen LogP contribution is -2.39. The molecule has 2 amide bonds. The number of benzene rings is 1. The van der Waals surface area contributed by atoms with Crippen LogP contribution < -0.4 is 4.74 Å². The number of carbonyl (C=O) groups excluding carboxylic acids is 2. The lowest BCUT2D eigenvalue weighted by molar-refractivity contribution is -0.135. The molecule has 0 aliphatic carbocycles. The van der Waals surface area contributed by atoms with Gasteiger partial charge in [-0.25, -0.2) is 0 Å². The number of amides is 2. The fraction of sp³-hybridized carbons (Fsp3) is 0.429. The molecule has 27 heavy (non-hydrogen) atoms. The largest absolute Gasteiger partial charge is 0.496 e. The van der Waals surface area contributed by atoms with Gasteiger partial charge in [0.15, 0.2) is 5.76 Å². The van der Waals surface area contributed by atoms with E-state index in [0.717, 1.165) is 11.3 Å². The van der Waals surface area contributed by atoms with Gasteiger partial charge in [-0.2, -0.15) is 0 Å². The highest BCUT2D eigenvalue weighted by Crippen LogP contribution is 2.38. The first-order valence-electron chi connectivity index (χ1n) is 9.35. The molecule has 6 heteroatoms. The van der Waals surface area contributed by atoms with Crippen molar-refractivity contribution in [3.05, 3.63) is 54.0 Å². The lowest BCUT2D eigenvalue weighted by Gasteiger charge is -2.26. The van der Waals surface area contributed by atoms with Crippen molar-refractivity contribution < 1.29 is 18.7 Å². The van der Waals surface area contributed by atoms with E-state index in [1.807, 2.05) is 43.0 Å². The zero-order chi connectivity index (χ0) is 19.4. The average Bonchev–Trinajstić information content (AvgIpc) is 3.38. The van der Waals surface area contributed by atoms with Crippen molar-refractivity contribution in [3.63, 3.8) is 0 Å². The van der Waals surface area contributed by atoms with Crippen LogP contribution in [0.1, 0.15) is 35.9 Å². The van der Waals surface area contributed by atoms with Crippen molar-refractivity contribution >= 4 is 11.8 Å². The summed E-state index contributed by atoms with van der Waals surface area (Å²) in [6.07, 6.45) is 1.49. The predicted molar refractivity (Wildman–Crippen MR) is 102 cm³/mol. The van der Waals surface area contributed by atoms with E-state index in [2.05, 4.69) is 0 Å². The molecule has 2 atom stereocenters. The highest BCUT2D eigenvalue weighted by atomic mass is 16.5. The van der Waals surface area contributed by atoms with Crippen molar-refractivity contribution in [2.75, 3.05) is 33.3 Å². The zero-order valence-electron chi connectivity index (χ0n) is 16.1. The number of nitrogens with zero attached hydrogens (tertiary/aromatic N) is 2. The minimum absolute atomic E-state index is 0.0747. The average molecular weight is 370 g/mol. The summed E-state index contributed by atoms with van der Waals surface area (Å²) >= 11 is 0. The molecule has 3 rings (SSSR count). The second kappa shape index (κ2) is 8.29. The van der Waals surface area contributed by atoms with E-state index in [9.17, 15) is 9.59 Å². The van der Waals surface area contributed by atoms with Crippen LogP contribution in [0, 0.1) is 5.92 Å². The number of methoxy groups -OCH3 is 1. The van der Waals surface area contributed by atoms with Crippen LogP contribution in [0.4, 0.5) is 0 Å². The normalized spacial score (nSPS) is 19.1. The summed E-state index contributed by atoms with van der Waals surface area (Å²) in [6, 6.07) is 11.1. The van der Waals surface area contributed by atoms with Crippen LogP contribution in [0.3, 0.4) is 0 Å². The summed E-state index contributed by atoms with van der Waals surface area (Å²) in [5.41, 5.74) is 0.959. The fourth-order valence-corrected chi connectivity index (χ4v) is 3.83. The van der Waals surface area contributed by atoms with Crippen molar-refractivity contribution in [1.82, 2.24) is 9.80 Å². The topological polar surface area (TPSA) is 63.0 Å². The molecule has 0 bridgehead atoms. The second-order valence-electron chi connectivity index (χ2n) is 6.65. The fourth-order valence-electron chi connectivity index (χ4n) is 3.83. The van der Waals surface area contributed by atoms with Crippen LogP contribution in [0.2, 0.25) is 0 Å². The number of likely N-dealkylation sites (tertiary alicyclic amines) is 1. The number of hydrogen-bond donors (Lipinski definition) is 0. The van der Waals surface area contributed by atoms with Gasteiger partial charge in [0.2, 0.25) is 5.91 Å². The van der Waals surface area contributed by atoms with Crippen molar-refractivity contribution in [3.8, 4) is 5.75 Å². The Bertz CT molecular complexity index is 783. The molecule has 6 nitrogen and oxygen atoms in total. The molecule has 0 N–H and O–H groups in total. The smallest absolute Gasteiger partial charge is 0.289 e. The lowest BCUT2D eigenvalue weighted by atomic mass is 9.87. The first-order valence-corrected chi connectivity index (χ1v) is 9.35. The van der Waals surface area contributed by atoms with Gasteiger partial charge in [-0.15, -0.1) is 0 Å². The third-order valence-corrected chi connectivity index (χ3v) is 5.27. The van der Waals surface area contributed by atoms with E-state index in [-0.39, 0.29) is 23.7 Å². The van der Waals surface area contributed by atoms with Gasteiger partial charge >= 0.3 is 0 Å². The molecule has 1 saturated heterocycles. The molecular weight excluding hydrogens is 344 g/mol. The Labute approximate surface area is 159 Å². The predicted octanol–water partition coefficient (Wildman–Crippen LogP) is 3.01. The Kier molecular flexibility index (Phi) is 5.84. The van der Waals surface area contributed by atoms with Crippen LogP contribution in [0.25, 0.3) is 0 Å². The van der Waals surface area contributed by atoms with Gasteiger partial charge in [0.25, 0.3) is 5.91 Å². The maximum atomic E-state index is 13.2. The Hall–Kier alpha value is -2.76. The molecular formula is C21H26N2O4. The van der Waals surface area contributed by atoms with Crippen molar-refractivity contribution in [2.24, 2.45) is 5.92 Å². The summed E-state index contributed by atoms with van der Waals surface area (Å²) in [5.74, 6) is 0.505. The standard InChI is InChI=1S/C21H26N2O4/c1-4-22(5-2)20(24)17-14-23(21(25)19-11-8-12-27-19)13-16(17)15-9-6-7-10-18(15)26-3/h6-12,16-17H,4-5,13-14H2,1-3H3. The van der Waals surface area contributed by atoms with Gasteiger partial charge in [-0.3, -0.25) is 9.59 Å². The summed E-state index contributed by atoms with van der Waals surface area (Å²) in [6.45, 7) is 6.07. The molecule has 1 aliphatic rings. The van der Waals surface area contributed by atoms with E-state index >= 15 is 0 Å². The van der Waals surface area contributed by atoms with Crippen LogP contribution >= 0.6 is 0 Å². The quantitative estimate of drug-likeness (QED) is 0.784. The molecule has 1 aromatic carbocycles. The minimum atomic E-state index is -0.305. The molecule has 1 aromatic heterocycles. The Morgan fingerprint density at radius 1 is 1.15 bits per heavy atom. The molecule has 0 saturated carbocycles. The second-order valence-corrected chi connectivity index (χ2v) is 6.65. The highest BCUT2D eigenvalue weighted by molar-refractivity contribution is 5.92. The van der Waals surface area contributed by atoms with Crippen molar-refractivity contribution in [2.45, 2.75) is 19.8 Å². The monoisotopic (exact) mass is 370 g/mol. The summed E-state index contributed by atoms with van der Waals surface area (Å²) in [5, 5.41) is 0. The van der Waals surface area contributed by atoms with Crippen LogP contribution in [0.15, 0.2) is 47.1 Å². The summed E-state index contributed by atoms with van der Waals surface area (Å²) in [4.78, 5) is 29.5. The first-order chi connectivity index (χ1) is 13.1. The first kappa shape index (κ1) is 19.0. The number of ether oxygens (including phenoxy) is 1. The maximum Gasteiger partial charge on any atom is 0.289 e. The molecule has 0 radical (unpaired) electrons. The third kappa shape index (κ3) is 3.70. The molecule has 144 valence electrons. The third-order valence-electron chi connectivity index (χ3n) is 5.27. The van der Waals surface area contributed by atoms with Gasteiger partial charge in [-0.05, 0) is 37.6 Å². The number of carbonyl (C=O) groups is 2. The van der Waals surface area contributed by atoms with E-state index < -0.39 is 0 Å². The molecule has 1 aliphatic heterocycles. The van der Waals surface area contributed by atoms with Gasteiger partial charge < -0.3 is 19.0 Å². The zero-order valence-corrected chi connectivity index (χ0v) is 16.1. The van der Waals surface area contributed by atoms with E-state index in [4.69, 9.17) is 9.15 Å². The Morgan fingerprint density at radius 3 is 2.52 bits per heavy atom. The minimum Gasteiger partial charge on any atom is -0.496 e. The van der Waals surface area contributed by atoms with Gasteiger partial charge in [0, 0.05) is 32.1 Å². The Morgan fingerprint density at radius 2 is 1.89 bits per heavy atom. The SMILES string of the molecule is CCN(CC)C(=O)C1CN(C(=O)c2ccco2)CC1c1ccccc1OC. The number of furan rings is 1. The van der Waals surface area contributed by atoms with E-state index in [1.165, 1.54) is 6.26 Å². The van der Waals surface area contributed by atoms with Crippen molar-refractivity contribution in [1.29, 1.82) is 0 Å². The molecule has 2 aromatic rings. The number of para-hydroxylation sites is 1.